The van der Waals surface area contributed by atoms with Gasteiger partial charge in [0.2, 0.25) is 4.96 Å². The lowest BCUT2D eigenvalue weighted by molar-refractivity contribution is 0.940. The summed E-state index contributed by atoms with van der Waals surface area (Å²) in [5.74, 6) is 0.676. The number of benzene rings is 1. The minimum atomic E-state index is 0.676. The highest BCUT2D eigenvalue weighted by atomic mass is 32.2. The second-order valence-electron chi connectivity index (χ2n) is 5.59. The summed E-state index contributed by atoms with van der Waals surface area (Å²) < 4.78 is 5.28. The van der Waals surface area contributed by atoms with Gasteiger partial charge in [-0.05, 0) is 29.8 Å². The summed E-state index contributed by atoms with van der Waals surface area (Å²) in [6, 6.07) is 16.5. The molecule has 4 heterocycles. The van der Waals surface area contributed by atoms with E-state index in [4.69, 9.17) is 0 Å². The van der Waals surface area contributed by atoms with Crippen LogP contribution < -0.4 is 0 Å². The van der Waals surface area contributed by atoms with E-state index >= 15 is 0 Å². The zero-order valence-electron chi connectivity index (χ0n) is 13.0. The zero-order chi connectivity index (χ0) is 16.8. The Kier molecular flexibility index (Phi) is 3.26. The normalized spacial score (nSPS) is 11.5. The smallest absolute Gasteiger partial charge is 0.217 e. The van der Waals surface area contributed by atoms with Crippen molar-refractivity contribution >= 4 is 43.8 Å². The maximum absolute atomic E-state index is 9.54. The molecule has 0 radical (unpaired) electrons. The maximum Gasteiger partial charge on any atom is 0.217 e. The van der Waals surface area contributed by atoms with E-state index in [1.54, 1.807) is 23.1 Å². The highest BCUT2D eigenvalue weighted by Crippen LogP contribution is 2.31. The first-order valence-corrected chi connectivity index (χ1v) is 9.49. The van der Waals surface area contributed by atoms with Crippen LogP contribution in [0.25, 0.3) is 20.7 Å². The van der Waals surface area contributed by atoms with Crippen molar-refractivity contribution in [3.05, 3.63) is 66.0 Å². The minimum absolute atomic E-state index is 0.676. The molecular formula is C18H11N5S2. The van der Waals surface area contributed by atoms with Gasteiger partial charge < -0.3 is 4.40 Å². The second kappa shape index (κ2) is 5.62. The van der Waals surface area contributed by atoms with E-state index in [2.05, 4.69) is 32.8 Å². The molecule has 0 aliphatic rings. The summed E-state index contributed by atoms with van der Waals surface area (Å²) in [6.07, 6.45) is 3.98. The molecule has 5 nitrogen and oxygen atoms in total. The van der Waals surface area contributed by atoms with Gasteiger partial charge in [0.05, 0.1) is 21.3 Å². The number of hydrogen-bond acceptors (Lipinski definition) is 5. The molecule has 0 aliphatic carbocycles. The quantitative estimate of drug-likeness (QED) is 0.448. The van der Waals surface area contributed by atoms with E-state index in [-0.39, 0.29) is 0 Å². The van der Waals surface area contributed by atoms with E-state index < -0.39 is 0 Å². The topological polar surface area (TPSA) is 58.4 Å². The summed E-state index contributed by atoms with van der Waals surface area (Å²) in [7, 11) is 0. The number of para-hydroxylation sites is 1. The second-order valence-corrected chi connectivity index (χ2v) is 7.54. The fourth-order valence-electron chi connectivity index (χ4n) is 3.01. The molecular weight excluding hydrogens is 350 g/mol. The fourth-order valence-corrected chi connectivity index (χ4v) is 4.95. The Hall–Kier alpha value is -2.82. The van der Waals surface area contributed by atoms with Gasteiger partial charge >= 0.3 is 0 Å². The van der Waals surface area contributed by atoms with Crippen LogP contribution in [0.1, 0.15) is 11.1 Å². The first kappa shape index (κ1) is 14.5. The molecule has 0 amide bonds. The number of fused-ring (bicyclic) bond motifs is 4. The van der Waals surface area contributed by atoms with Gasteiger partial charge in [0.25, 0.3) is 0 Å². The molecule has 0 saturated carbocycles. The Morgan fingerprint density at radius 2 is 1.92 bits per heavy atom. The minimum Gasteiger partial charge on any atom is -0.322 e. The monoisotopic (exact) mass is 361 g/mol. The van der Waals surface area contributed by atoms with Crippen LogP contribution in [0, 0.1) is 11.3 Å². The van der Waals surface area contributed by atoms with Crippen molar-refractivity contribution in [3.8, 4) is 6.07 Å². The summed E-state index contributed by atoms with van der Waals surface area (Å²) in [5, 5.41) is 19.0. The Bertz CT molecular complexity index is 1270. The van der Waals surface area contributed by atoms with Crippen LogP contribution >= 0.6 is 23.1 Å². The molecule has 25 heavy (non-hydrogen) atoms. The molecule has 0 saturated heterocycles. The number of nitriles is 1. The average molecular weight is 361 g/mol. The van der Waals surface area contributed by atoms with Gasteiger partial charge in [0.1, 0.15) is 6.07 Å². The van der Waals surface area contributed by atoms with Crippen LogP contribution in [0.3, 0.4) is 0 Å². The lowest BCUT2D eigenvalue weighted by atomic mass is 10.2. The zero-order valence-corrected chi connectivity index (χ0v) is 14.6. The van der Waals surface area contributed by atoms with Gasteiger partial charge in [-0.25, -0.2) is 0 Å². The van der Waals surface area contributed by atoms with Crippen molar-refractivity contribution in [1.82, 2.24) is 19.0 Å². The molecule has 0 N–H and O–H groups in total. The van der Waals surface area contributed by atoms with E-state index in [9.17, 15) is 5.26 Å². The number of aromatic nitrogens is 4. The van der Waals surface area contributed by atoms with Crippen LogP contribution in [0.2, 0.25) is 0 Å². The molecule has 0 unspecified atom stereocenters. The van der Waals surface area contributed by atoms with Gasteiger partial charge in [0, 0.05) is 18.1 Å². The fraction of sp³-hybridized carbons (Fsp3) is 0.0556. The number of hydrogen-bond donors (Lipinski definition) is 0. The largest absolute Gasteiger partial charge is 0.322 e. The lowest BCUT2D eigenvalue weighted by Crippen LogP contribution is -1.87. The number of nitrogens with zero attached hydrogens (tertiary/aromatic N) is 5. The number of thioether (sulfide) groups is 1. The highest BCUT2D eigenvalue weighted by Gasteiger charge is 2.15. The SMILES string of the molecule is N#Cc1c(CSc2nnc3sc4ccccc4n23)cn2ccccc12. The molecule has 5 aromatic rings. The number of rotatable bonds is 3. The van der Waals surface area contributed by atoms with Crippen molar-refractivity contribution in [2.75, 3.05) is 0 Å². The van der Waals surface area contributed by atoms with Crippen molar-refractivity contribution in [2.45, 2.75) is 10.9 Å². The first-order chi connectivity index (χ1) is 12.3. The van der Waals surface area contributed by atoms with Crippen LogP contribution in [0.4, 0.5) is 0 Å². The summed E-state index contributed by atoms with van der Waals surface area (Å²) in [4.78, 5) is 0.895. The van der Waals surface area contributed by atoms with Crippen LogP contribution in [-0.2, 0) is 5.75 Å². The Morgan fingerprint density at radius 1 is 1.08 bits per heavy atom. The molecule has 1 aromatic carbocycles. The molecule has 0 atom stereocenters. The molecule has 7 heteroatoms. The predicted octanol–water partition coefficient (Wildman–Crippen LogP) is 4.36. The van der Waals surface area contributed by atoms with Crippen LogP contribution in [-0.4, -0.2) is 19.0 Å². The van der Waals surface area contributed by atoms with E-state index in [1.165, 1.54) is 4.70 Å². The average Bonchev–Trinajstić information content (AvgIpc) is 3.31. The predicted molar refractivity (Wildman–Crippen MR) is 100 cm³/mol. The van der Waals surface area contributed by atoms with Crippen molar-refractivity contribution < 1.29 is 0 Å². The Morgan fingerprint density at radius 3 is 2.84 bits per heavy atom. The number of thiazole rings is 1. The molecule has 120 valence electrons. The standard InChI is InChI=1S/C18H11N5S2/c19-9-13-12(10-22-8-4-3-5-14(13)22)11-24-17-20-21-18-23(17)15-6-1-2-7-16(15)25-18/h1-8,10H,11H2. The maximum atomic E-state index is 9.54. The van der Waals surface area contributed by atoms with Gasteiger partial charge in [0.15, 0.2) is 5.16 Å². The van der Waals surface area contributed by atoms with Gasteiger partial charge in [-0.2, -0.15) is 5.26 Å². The van der Waals surface area contributed by atoms with Crippen molar-refractivity contribution in [2.24, 2.45) is 0 Å². The van der Waals surface area contributed by atoms with Crippen molar-refractivity contribution in [3.63, 3.8) is 0 Å². The van der Waals surface area contributed by atoms with Gasteiger partial charge in [-0.3, -0.25) is 4.40 Å². The van der Waals surface area contributed by atoms with E-state index in [1.807, 2.05) is 47.1 Å². The molecule has 0 bridgehead atoms. The highest BCUT2D eigenvalue weighted by molar-refractivity contribution is 7.98. The lowest BCUT2D eigenvalue weighted by Gasteiger charge is -1.99. The summed E-state index contributed by atoms with van der Waals surface area (Å²) >= 11 is 3.24. The summed E-state index contributed by atoms with van der Waals surface area (Å²) in [5.41, 5.74) is 3.80. The van der Waals surface area contributed by atoms with Crippen molar-refractivity contribution in [1.29, 1.82) is 5.26 Å². The molecule has 5 rings (SSSR count). The third-order valence-corrected chi connectivity index (χ3v) is 6.13. The van der Waals surface area contributed by atoms with Crippen LogP contribution in [0.15, 0.2) is 60.0 Å². The van der Waals surface area contributed by atoms with E-state index in [0.29, 0.717) is 5.75 Å². The van der Waals surface area contributed by atoms with E-state index in [0.717, 1.165) is 32.3 Å². The first-order valence-electron chi connectivity index (χ1n) is 7.69. The van der Waals surface area contributed by atoms with Gasteiger partial charge in [-0.15, -0.1) is 10.2 Å². The molecule has 0 aliphatic heterocycles. The third-order valence-electron chi connectivity index (χ3n) is 4.14. The molecule has 4 aromatic heterocycles. The third kappa shape index (κ3) is 2.22. The summed E-state index contributed by atoms with van der Waals surface area (Å²) in [6.45, 7) is 0. The molecule has 0 fully saturated rings. The van der Waals surface area contributed by atoms with Crippen LogP contribution in [0.5, 0.6) is 0 Å². The molecule has 0 spiro atoms. The Balaban J connectivity index is 1.55. The van der Waals surface area contributed by atoms with Gasteiger partial charge in [-0.1, -0.05) is 41.3 Å². The Labute approximate surface area is 151 Å². The number of pyridine rings is 1.